The third-order valence-corrected chi connectivity index (χ3v) is 14.5. The first-order valence-electron chi connectivity index (χ1n) is 29.9. The van der Waals surface area contributed by atoms with Crippen LogP contribution in [0.4, 0.5) is 0 Å². The van der Waals surface area contributed by atoms with Crippen LogP contribution < -0.4 is 10.2 Å². The van der Waals surface area contributed by atoms with E-state index in [9.17, 15) is 19.4 Å². The van der Waals surface area contributed by atoms with Crippen LogP contribution in [-0.4, -0.2) is 68.5 Å². The summed E-state index contributed by atoms with van der Waals surface area (Å²) in [6, 6.07) is -0.907. The van der Waals surface area contributed by atoms with Gasteiger partial charge in [0.15, 0.2) is 0 Å². The molecule has 0 bridgehead atoms. The highest BCUT2D eigenvalue weighted by Gasteiger charge is 2.23. The van der Waals surface area contributed by atoms with Crippen LogP contribution in [0, 0.1) is 0 Å². The molecule has 0 aliphatic carbocycles. The third kappa shape index (κ3) is 54.3. The summed E-state index contributed by atoms with van der Waals surface area (Å²) in [6.07, 6.45) is 66.7. The van der Waals surface area contributed by atoms with Crippen LogP contribution >= 0.6 is 7.82 Å². The predicted molar refractivity (Wildman–Crippen MR) is 298 cm³/mol. The zero-order chi connectivity index (χ0) is 50.6. The Kier molecular flexibility index (Phi) is 50.7. The molecule has 408 valence electrons. The van der Waals surface area contributed by atoms with E-state index in [0.717, 1.165) is 51.4 Å². The number of allylic oxidation sites excluding steroid dienone is 5. The van der Waals surface area contributed by atoms with Crippen LogP contribution in [-0.2, 0) is 18.4 Å². The van der Waals surface area contributed by atoms with Gasteiger partial charge in [-0.1, -0.05) is 262 Å². The number of phosphoric ester groups is 1. The highest BCUT2D eigenvalue weighted by Crippen LogP contribution is 2.38. The number of amides is 1. The van der Waals surface area contributed by atoms with Crippen LogP contribution in [0.5, 0.6) is 0 Å². The summed E-state index contributed by atoms with van der Waals surface area (Å²) in [4.78, 5) is 25.4. The summed E-state index contributed by atoms with van der Waals surface area (Å²) >= 11 is 0. The van der Waals surface area contributed by atoms with Crippen LogP contribution in [0.3, 0.4) is 0 Å². The molecule has 0 heterocycles. The molecular weight excluding hydrogens is 876 g/mol. The highest BCUT2D eigenvalue weighted by atomic mass is 31.2. The second-order valence-corrected chi connectivity index (χ2v) is 23.1. The van der Waals surface area contributed by atoms with Gasteiger partial charge in [-0.2, -0.15) is 0 Å². The Morgan fingerprint density at radius 2 is 0.812 bits per heavy atom. The fraction of sp³-hybridized carbons (Fsp3) is 0.883. The molecule has 0 spiro atoms. The monoisotopic (exact) mass is 993 g/mol. The van der Waals surface area contributed by atoms with Crippen molar-refractivity contribution in [1.82, 2.24) is 5.32 Å². The minimum absolute atomic E-state index is 0.00744. The number of rotatable bonds is 55. The summed E-state index contributed by atoms with van der Waals surface area (Å²) < 4.78 is 23.3. The van der Waals surface area contributed by atoms with E-state index < -0.39 is 26.6 Å². The highest BCUT2D eigenvalue weighted by molar-refractivity contribution is 7.45. The number of carbonyl (C=O) groups is 1. The van der Waals surface area contributed by atoms with Gasteiger partial charge in [0, 0.05) is 6.42 Å². The van der Waals surface area contributed by atoms with E-state index in [1.165, 1.54) is 218 Å². The Morgan fingerprint density at radius 1 is 0.493 bits per heavy atom. The second kappa shape index (κ2) is 51.6. The number of likely N-dealkylation sites (N-methyl/N-ethyl adjacent to an activating group) is 1. The largest absolute Gasteiger partial charge is 0.756 e. The molecule has 0 aliphatic heterocycles. The van der Waals surface area contributed by atoms with Gasteiger partial charge in [-0.05, 0) is 57.8 Å². The molecule has 69 heavy (non-hydrogen) atoms. The minimum Gasteiger partial charge on any atom is -0.756 e. The van der Waals surface area contributed by atoms with Gasteiger partial charge < -0.3 is 28.8 Å². The van der Waals surface area contributed by atoms with Gasteiger partial charge >= 0.3 is 0 Å². The average Bonchev–Trinajstić information content (AvgIpc) is 3.31. The molecule has 8 nitrogen and oxygen atoms in total. The molecule has 0 aromatic heterocycles. The zero-order valence-corrected chi connectivity index (χ0v) is 47.4. The number of phosphoric acid groups is 1. The van der Waals surface area contributed by atoms with Crippen LogP contribution in [0.2, 0.25) is 0 Å². The molecule has 0 rings (SSSR count). The fourth-order valence-electron chi connectivity index (χ4n) is 8.87. The van der Waals surface area contributed by atoms with E-state index in [4.69, 9.17) is 9.05 Å². The van der Waals surface area contributed by atoms with E-state index in [0.29, 0.717) is 17.4 Å². The maximum absolute atomic E-state index is 12.9. The van der Waals surface area contributed by atoms with E-state index >= 15 is 0 Å². The molecule has 3 unspecified atom stereocenters. The number of hydrogen-bond acceptors (Lipinski definition) is 6. The van der Waals surface area contributed by atoms with Gasteiger partial charge in [0.1, 0.15) is 13.2 Å². The topological polar surface area (TPSA) is 108 Å². The van der Waals surface area contributed by atoms with Crippen molar-refractivity contribution in [1.29, 1.82) is 0 Å². The van der Waals surface area contributed by atoms with Crippen molar-refractivity contribution in [3.8, 4) is 0 Å². The van der Waals surface area contributed by atoms with Gasteiger partial charge in [-0.3, -0.25) is 9.36 Å². The first-order chi connectivity index (χ1) is 33.5. The predicted octanol–water partition coefficient (Wildman–Crippen LogP) is 17.5. The van der Waals surface area contributed by atoms with Gasteiger partial charge in [0.2, 0.25) is 5.91 Å². The van der Waals surface area contributed by atoms with Crippen molar-refractivity contribution in [2.45, 2.75) is 302 Å². The molecule has 0 saturated heterocycles. The lowest BCUT2D eigenvalue weighted by atomic mass is 10.0. The molecule has 0 aromatic rings. The number of nitrogens with zero attached hydrogens (tertiary/aromatic N) is 1. The first kappa shape index (κ1) is 67.7. The molecule has 0 radical (unpaired) electrons. The molecule has 0 saturated carbocycles. The lowest BCUT2D eigenvalue weighted by Crippen LogP contribution is -2.45. The average molecular weight is 994 g/mol. The first-order valence-corrected chi connectivity index (χ1v) is 31.3. The summed E-state index contributed by atoms with van der Waals surface area (Å²) in [6.45, 7) is 4.65. The number of nitrogens with one attached hydrogen (secondary N) is 1. The van der Waals surface area contributed by atoms with Crippen LogP contribution in [0.25, 0.3) is 0 Å². The lowest BCUT2D eigenvalue weighted by Gasteiger charge is -2.29. The van der Waals surface area contributed by atoms with Crippen LogP contribution in [0.1, 0.15) is 290 Å². The minimum atomic E-state index is -4.61. The van der Waals surface area contributed by atoms with E-state index in [1.807, 2.05) is 27.2 Å². The number of hydrogen-bond donors (Lipinski definition) is 2. The Bertz CT molecular complexity index is 1220. The van der Waals surface area contributed by atoms with Crippen molar-refractivity contribution < 1.29 is 32.9 Å². The molecule has 9 heteroatoms. The third-order valence-electron chi connectivity index (χ3n) is 13.6. The summed E-state index contributed by atoms with van der Waals surface area (Å²) in [5.74, 6) is -0.213. The summed E-state index contributed by atoms with van der Waals surface area (Å²) in [5.41, 5.74) is 0. The number of aliphatic hydroxyl groups is 1. The molecule has 0 aromatic carbocycles. The van der Waals surface area contributed by atoms with Gasteiger partial charge in [0.05, 0.1) is 39.9 Å². The Morgan fingerprint density at radius 3 is 1.17 bits per heavy atom. The number of unbranched alkanes of at least 4 members (excludes halogenated alkanes) is 38. The molecule has 1 amide bonds. The van der Waals surface area contributed by atoms with E-state index in [1.54, 1.807) is 6.08 Å². The van der Waals surface area contributed by atoms with E-state index in [2.05, 4.69) is 43.5 Å². The van der Waals surface area contributed by atoms with E-state index in [-0.39, 0.29) is 12.5 Å². The van der Waals surface area contributed by atoms with Gasteiger partial charge in [-0.15, -0.1) is 0 Å². The summed E-state index contributed by atoms with van der Waals surface area (Å²) in [7, 11) is 1.25. The smallest absolute Gasteiger partial charge is 0.268 e. The molecule has 2 N–H and O–H groups in total. The normalized spacial score (nSPS) is 14.1. The quantitative estimate of drug-likeness (QED) is 0.0272. The van der Waals surface area contributed by atoms with Crippen molar-refractivity contribution in [3.05, 3.63) is 36.5 Å². The maximum atomic E-state index is 12.9. The fourth-order valence-corrected chi connectivity index (χ4v) is 9.60. The standard InChI is InChI=1S/C60H117N2O6P/c1-6-8-10-12-14-16-18-20-22-24-25-26-27-28-29-30-31-32-33-34-35-36-37-38-39-41-43-45-47-49-51-53-59(63)58(57-68-69(65,66)67-56-55-62(3,4)5)61-60(64)54-52-50-48-46-44-42-40-23-21-19-17-15-13-11-9-7-2/h23,40,43,45,51,53,58-59,63H,6-22,24-39,41-42,44,46-50,52,54-57H2,1-5H3,(H-,61,64,65,66)/b40-23-,45-43+,53-51+. The van der Waals surface area contributed by atoms with Gasteiger partial charge in [-0.25, -0.2) is 0 Å². The maximum Gasteiger partial charge on any atom is 0.268 e. The molecule has 0 aliphatic rings. The molecule has 3 atom stereocenters. The van der Waals surface area contributed by atoms with Crippen molar-refractivity contribution in [2.75, 3.05) is 40.9 Å². The van der Waals surface area contributed by atoms with Crippen molar-refractivity contribution in [2.24, 2.45) is 0 Å². The Labute approximate surface area is 429 Å². The number of aliphatic hydroxyl groups excluding tert-OH is 1. The van der Waals surface area contributed by atoms with Gasteiger partial charge in [0.25, 0.3) is 7.82 Å². The lowest BCUT2D eigenvalue weighted by molar-refractivity contribution is -0.870. The summed E-state index contributed by atoms with van der Waals surface area (Å²) in [5, 5.41) is 13.9. The Balaban J connectivity index is 4.15. The number of quaternary nitrogens is 1. The number of carbonyl (C=O) groups excluding carboxylic acids is 1. The SMILES string of the molecule is CCCCCCCCC/C=C\CCCCCCCC(=O)NC(COP(=O)([O-])OCC[N+](C)(C)C)C(O)/C=C/CC/C=C/CCCCCCCCCCCCCCCCCCCCCCCCCCC. The molecular formula is C60H117N2O6P. The van der Waals surface area contributed by atoms with Crippen molar-refractivity contribution >= 4 is 13.7 Å². The van der Waals surface area contributed by atoms with Crippen LogP contribution in [0.15, 0.2) is 36.5 Å². The Hall–Kier alpha value is -1.28. The zero-order valence-electron chi connectivity index (χ0n) is 46.5. The molecule has 0 fully saturated rings. The van der Waals surface area contributed by atoms with Crippen molar-refractivity contribution in [3.63, 3.8) is 0 Å². The second-order valence-electron chi connectivity index (χ2n) is 21.7.